The second-order valence-electron chi connectivity index (χ2n) is 16.5. The highest BCUT2D eigenvalue weighted by atomic mass is 14.7. The van der Waals surface area contributed by atoms with Gasteiger partial charge in [-0.3, -0.25) is 9.97 Å². The van der Waals surface area contributed by atoms with Crippen molar-refractivity contribution in [3.8, 4) is 55.9 Å². The number of pyridine rings is 2. The van der Waals surface area contributed by atoms with Crippen molar-refractivity contribution in [2.75, 3.05) is 0 Å². The van der Waals surface area contributed by atoms with Gasteiger partial charge in [-0.05, 0) is 131 Å². The van der Waals surface area contributed by atoms with Crippen molar-refractivity contribution in [3.63, 3.8) is 0 Å². The van der Waals surface area contributed by atoms with E-state index in [9.17, 15) is 1.37 Å². The average molecular weight is 744 g/mol. The predicted octanol–water partition coefficient (Wildman–Crippen LogP) is 15.0. The molecule has 0 radical (unpaired) electrons. The molecule has 5 aromatic carbocycles. The summed E-state index contributed by atoms with van der Waals surface area (Å²) in [6, 6.07) is 51.2. The lowest BCUT2D eigenvalue weighted by molar-refractivity contribution is 0.443. The molecule has 7 aromatic rings. The topological polar surface area (TPSA) is 25.8 Å². The fourth-order valence-corrected chi connectivity index (χ4v) is 9.40. The summed E-state index contributed by atoms with van der Waals surface area (Å²) < 4.78 is 9.21. The Hall–Kier alpha value is -5.60. The standard InChI is InChI=1S/C55H54N2/c1-39-34-41(20-19-40-21-23-47(24-22-40)54-18-10-11-33-56-54)36-49(35-39)51-17-9-8-16-50(51)45-29-31-48(32-30-45)55-37-52(53(38-57-55)44-14-6-3-7-15-44)46-27-25-43(26-28-46)42-12-4-2-5-13-42/h8-11,16-18,21-38,42,44H,2-7,12-15,19-20H2,1H3/i42D. The third-order valence-electron chi connectivity index (χ3n) is 12.5. The van der Waals surface area contributed by atoms with E-state index in [0.717, 1.165) is 61.0 Å². The molecule has 2 nitrogen and oxygen atoms in total. The molecule has 2 aliphatic rings. The summed E-state index contributed by atoms with van der Waals surface area (Å²) >= 11 is 0. The van der Waals surface area contributed by atoms with Crippen LogP contribution < -0.4 is 0 Å². The maximum atomic E-state index is 9.21. The van der Waals surface area contributed by atoms with Crippen molar-refractivity contribution in [1.29, 1.82) is 0 Å². The Kier molecular flexibility index (Phi) is 10.8. The Labute approximate surface area is 341 Å². The van der Waals surface area contributed by atoms with Crippen LogP contribution in [0.2, 0.25) is 0 Å². The first-order valence-corrected chi connectivity index (χ1v) is 21.4. The molecule has 0 saturated heterocycles. The molecule has 284 valence electrons. The Bertz CT molecular complexity index is 2460. The molecule has 0 unspecified atom stereocenters. The van der Waals surface area contributed by atoms with Crippen LogP contribution in [0, 0.1) is 6.92 Å². The first-order chi connectivity index (χ1) is 28.5. The average Bonchev–Trinajstić information content (AvgIpc) is 3.29. The third kappa shape index (κ3) is 8.57. The van der Waals surface area contributed by atoms with Crippen molar-refractivity contribution in [2.24, 2.45) is 0 Å². The van der Waals surface area contributed by atoms with E-state index in [1.54, 1.807) is 0 Å². The summed E-state index contributed by atoms with van der Waals surface area (Å²) in [5.41, 5.74) is 18.3. The first kappa shape index (κ1) is 35.8. The Balaban J connectivity index is 0.965. The van der Waals surface area contributed by atoms with Crippen molar-refractivity contribution in [3.05, 3.63) is 180 Å². The predicted molar refractivity (Wildman–Crippen MR) is 239 cm³/mol. The van der Waals surface area contributed by atoms with Crippen LogP contribution in [0.5, 0.6) is 0 Å². The van der Waals surface area contributed by atoms with Gasteiger partial charge in [-0.1, -0.05) is 165 Å². The molecule has 2 heterocycles. The van der Waals surface area contributed by atoms with E-state index < -0.39 is 5.89 Å². The zero-order valence-electron chi connectivity index (χ0n) is 34.4. The number of aryl methyl sites for hydroxylation is 3. The minimum Gasteiger partial charge on any atom is -0.256 e. The van der Waals surface area contributed by atoms with Gasteiger partial charge in [0.05, 0.1) is 11.4 Å². The summed E-state index contributed by atoms with van der Waals surface area (Å²) in [5.74, 6) is 0.111. The number of rotatable bonds is 10. The van der Waals surface area contributed by atoms with Gasteiger partial charge in [-0.2, -0.15) is 0 Å². The Morgan fingerprint density at radius 3 is 1.81 bits per heavy atom. The second kappa shape index (κ2) is 17.3. The molecule has 0 spiro atoms. The summed E-state index contributed by atoms with van der Waals surface area (Å²) in [6.45, 7) is 2.21. The van der Waals surface area contributed by atoms with Crippen molar-refractivity contribution >= 4 is 0 Å². The van der Waals surface area contributed by atoms with Crippen LogP contribution in [-0.2, 0) is 12.8 Å². The molecule has 2 aliphatic carbocycles. The summed E-state index contributed by atoms with van der Waals surface area (Å²) in [4.78, 5) is 9.63. The van der Waals surface area contributed by atoms with Crippen LogP contribution in [0.4, 0.5) is 0 Å². The van der Waals surface area contributed by atoms with Crippen LogP contribution in [0.25, 0.3) is 55.9 Å². The van der Waals surface area contributed by atoms with Gasteiger partial charge in [0.25, 0.3) is 0 Å². The van der Waals surface area contributed by atoms with Crippen molar-refractivity contribution in [2.45, 2.75) is 95.8 Å². The molecule has 2 fully saturated rings. The van der Waals surface area contributed by atoms with E-state index in [0.29, 0.717) is 5.92 Å². The van der Waals surface area contributed by atoms with E-state index in [4.69, 9.17) is 4.98 Å². The quantitative estimate of drug-likeness (QED) is 0.139. The molecule has 0 bridgehead atoms. The van der Waals surface area contributed by atoms with Crippen LogP contribution in [0.1, 0.15) is 105 Å². The van der Waals surface area contributed by atoms with Crippen molar-refractivity contribution < 1.29 is 1.37 Å². The molecule has 0 amide bonds. The van der Waals surface area contributed by atoms with E-state index in [2.05, 4.69) is 145 Å². The fraction of sp³-hybridized carbons (Fsp3) is 0.273. The highest BCUT2D eigenvalue weighted by Crippen LogP contribution is 2.41. The molecular formula is C55H54N2. The van der Waals surface area contributed by atoms with Gasteiger partial charge in [-0.25, -0.2) is 0 Å². The molecule has 9 rings (SSSR count). The highest BCUT2D eigenvalue weighted by molar-refractivity contribution is 5.85. The number of hydrogen-bond acceptors (Lipinski definition) is 2. The molecular weight excluding hydrogens is 689 g/mol. The molecule has 0 atom stereocenters. The lowest BCUT2D eigenvalue weighted by Crippen LogP contribution is -2.07. The number of hydrogen-bond donors (Lipinski definition) is 0. The van der Waals surface area contributed by atoms with E-state index >= 15 is 0 Å². The van der Waals surface area contributed by atoms with E-state index in [1.165, 1.54) is 99.7 Å². The first-order valence-electron chi connectivity index (χ1n) is 21.9. The lowest BCUT2D eigenvalue weighted by Gasteiger charge is -2.25. The van der Waals surface area contributed by atoms with Gasteiger partial charge in [0.1, 0.15) is 0 Å². The Morgan fingerprint density at radius 1 is 0.491 bits per heavy atom. The summed E-state index contributed by atoms with van der Waals surface area (Å²) in [6.07, 6.45) is 17.9. The molecule has 2 saturated carbocycles. The van der Waals surface area contributed by atoms with Crippen LogP contribution in [-0.4, -0.2) is 9.97 Å². The summed E-state index contributed by atoms with van der Waals surface area (Å²) in [7, 11) is 0. The lowest BCUT2D eigenvalue weighted by atomic mass is 9.80. The Morgan fingerprint density at radius 2 is 1.09 bits per heavy atom. The van der Waals surface area contributed by atoms with Crippen LogP contribution >= 0.6 is 0 Å². The van der Waals surface area contributed by atoms with Crippen LogP contribution in [0.15, 0.2) is 152 Å². The minimum atomic E-state index is -0.441. The maximum Gasteiger partial charge on any atom is 0.0708 e. The molecule has 2 heteroatoms. The molecule has 57 heavy (non-hydrogen) atoms. The zero-order valence-corrected chi connectivity index (χ0v) is 33.4. The molecule has 0 N–H and O–H groups in total. The zero-order chi connectivity index (χ0) is 39.3. The van der Waals surface area contributed by atoms with Crippen LogP contribution in [0.3, 0.4) is 0 Å². The van der Waals surface area contributed by atoms with Gasteiger partial charge >= 0.3 is 0 Å². The smallest absolute Gasteiger partial charge is 0.0708 e. The maximum absolute atomic E-state index is 9.21. The van der Waals surface area contributed by atoms with Gasteiger partial charge in [0.15, 0.2) is 0 Å². The van der Waals surface area contributed by atoms with E-state index in [-0.39, 0.29) is 0 Å². The third-order valence-corrected chi connectivity index (χ3v) is 12.5. The van der Waals surface area contributed by atoms with Gasteiger partial charge in [0.2, 0.25) is 0 Å². The van der Waals surface area contributed by atoms with Gasteiger partial charge in [0, 0.05) is 24.9 Å². The van der Waals surface area contributed by atoms with Gasteiger partial charge in [-0.15, -0.1) is 0 Å². The molecule has 0 aliphatic heterocycles. The normalized spacial score (nSPS) is 15.9. The summed E-state index contributed by atoms with van der Waals surface area (Å²) in [5, 5.41) is 0. The number of aromatic nitrogens is 2. The number of benzene rings is 5. The minimum absolute atomic E-state index is 0.441. The van der Waals surface area contributed by atoms with Crippen molar-refractivity contribution in [1.82, 2.24) is 9.97 Å². The highest BCUT2D eigenvalue weighted by Gasteiger charge is 2.22. The monoisotopic (exact) mass is 743 g/mol. The SMILES string of the molecule is [2H]C1(c2ccc(-c3cc(-c4ccc(-c5ccccc5-c5cc(C)cc(CCc6ccc(-c7ccccn7)cc6)c5)cc4)ncc3C3CCCCC3)cc2)CCCCC1. The largest absolute Gasteiger partial charge is 0.256 e. The second-order valence-corrected chi connectivity index (χ2v) is 16.5. The fourth-order valence-electron chi connectivity index (χ4n) is 9.40. The number of nitrogens with zero attached hydrogens (tertiary/aromatic N) is 2. The molecule has 2 aromatic heterocycles. The van der Waals surface area contributed by atoms with Gasteiger partial charge < -0.3 is 0 Å². The van der Waals surface area contributed by atoms with E-state index in [1.807, 2.05) is 18.3 Å².